The number of nitrogens with zero attached hydrogens (tertiary/aromatic N) is 2. The van der Waals surface area contributed by atoms with E-state index in [0.717, 1.165) is 13.0 Å². The van der Waals surface area contributed by atoms with Gasteiger partial charge in [0, 0.05) is 6.61 Å². The quantitative estimate of drug-likeness (QED) is 0.319. The lowest BCUT2D eigenvalue weighted by Crippen LogP contribution is -2.10. The Hall–Kier alpha value is -0.810. The van der Waals surface area contributed by atoms with Crippen molar-refractivity contribution in [3.05, 3.63) is 0 Å². The molecule has 0 aliphatic rings. The van der Waals surface area contributed by atoms with Crippen molar-refractivity contribution in [2.24, 2.45) is 5.11 Å². The van der Waals surface area contributed by atoms with Crippen LogP contribution in [-0.4, -0.2) is 46.2 Å². The molecule has 0 bridgehead atoms. The molecule has 0 aliphatic carbocycles. The Kier molecular flexibility index (Phi) is 12.5. The average molecular weight is 218 g/mol. The van der Waals surface area contributed by atoms with E-state index in [9.17, 15) is 0 Å². The van der Waals surface area contributed by atoms with Gasteiger partial charge < -0.3 is 14.2 Å². The second-order valence-electron chi connectivity index (χ2n) is 2.80. The van der Waals surface area contributed by atoms with Crippen molar-refractivity contribution >= 4 is 0 Å². The summed E-state index contributed by atoms with van der Waals surface area (Å²) in [5, 5.41) is 3.45. The van der Waals surface area contributed by atoms with Gasteiger partial charge in [-0.2, -0.15) is 0 Å². The first-order chi connectivity index (χ1) is 7.41. The van der Waals surface area contributed by atoms with Crippen LogP contribution in [0.15, 0.2) is 5.11 Å². The summed E-state index contributed by atoms with van der Waals surface area (Å²) in [5.74, 6) is 0. The highest BCUT2D eigenvalue weighted by Gasteiger charge is 1.92. The first kappa shape index (κ1) is 14.2. The Balaban J connectivity index is 2.89. The van der Waals surface area contributed by atoms with Gasteiger partial charge in [-0.15, -0.1) is 0 Å². The van der Waals surface area contributed by atoms with E-state index in [1.807, 2.05) is 0 Å². The van der Waals surface area contributed by atoms with Crippen molar-refractivity contribution in [2.75, 3.05) is 46.2 Å². The predicted molar refractivity (Wildman–Crippen MR) is 54.9 cm³/mol. The minimum atomic E-state index is 0.434. The molecule has 0 aromatic carbocycles. The lowest BCUT2D eigenvalue weighted by molar-refractivity contribution is 0.0160. The molecule has 0 fully saturated rings. The molecule has 1 N–H and O–H groups in total. The summed E-state index contributed by atoms with van der Waals surface area (Å²) >= 11 is 0. The van der Waals surface area contributed by atoms with Crippen LogP contribution in [0.2, 0.25) is 0 Å². The number of ether oxygens (including phenoxy) is 3. The number of rotatable bonds is 11. The van der Waals surface area contributed by atoms with Crippen LogP contribution in [-0.2, 0) is 14.2 Å². The third-order valence-electron chi connectivity index (χ3n) is 1.50. The van der Waals surface area contributed by atoms with Gasteiger partial charge >= 0.3 is 0 Å². The molecule has 0 spiro atoms. The molecule has 0 aliphatic heterocycles. The monoisotopic (exact) mass is 218 g/mol. The van der Waals surface area contributed by atoms with Crippen LogP contribution in [0.3, 0.4) is 0 Å². The van der Waals surface area contributed by atoms with E-state index in [2.05, 4.69) is 16.9 Å². The number of hydrogen-bond acceptors (Lipinski definition) is 5. The van der Waals surface area contributed by atoms with Crippen LogP contribution in [0.1, 0.15) is 13.3 Å². The van der Waals surface area contributed by atoms with Gasteiger partial charge in [-0.25, -0.2) is 0 Å². The Bertz CT molecular complexity index is 172. The second kappa shape index (κ2) is 13.2. The Labute approximate surface area is 90.1 Å². The molecule has 0 aromatic heterocycles. The predicted octanol–water partition coefficient (Wildman–Crippen LogP) is 0.997. The molecule has 15 heavy (non-hydrogen) atoms. The first-order valence-electron chi connectivity index (χ1n) is 5.18. The first-order valence-corrected chi connectivity index (χ1v) is 5.18. The molecule has 0 saturated carbocycles. The summed E-state index contributed by atoms with van der Waals surface area (Å²) in [6, 6.07) is 0. The van der Waals surface area contributed by atoms with Gasteiger partial charge in [0.05, 0.1) is 33.0 Å². The summed E-state index contributed by atoms with van der Waals surface area (Å²) in [5.41, 5.74) is 6.39. The van der Waals surface area contributed by atoms with Gasteiger partial charge in [0.2, 0.25) is 4.91 Å². The zero-order valence-electron chi connectivity index (χ0n) is 9.28. The zero-order chi connectivity index (χ0) is 11.2. The lowest BCUT2D eigenvalue weighted by Gasteiger charge is -2.04. The molecule has 0 rings (SSSR count). The summed E-state index contributed by atoms with van der Waals surface area (Å²) in [7, 11) is 0. The fraction of sp³-hybridized carbons (Fsp3) is 1.00. The van der Waals surface area contributed by atoms with Gasteiger partial charge in [-0.05, 0) is 6.42 Å². The second-order valence-corrected chi connectivity index (χ2v) is 2.80. The molecule has 88 valence electrons. The molecule has 0 aromatic rings. The van der Waals surface area contributed by atoms with E-state index in [-0.39, 0.29) is 0 Å². The minimum absolute atomic E-state index is 0.434. The highest BCUT2D eigenvalue weighted by atomic mass is 16.5. The van der Waals surface area contributed by atoms with Crippen molar-refractivity contribution in [3.63, 3.8) is 0 Å². The van der Waals surface area contributed by atoms with E-state index in [0.29, 0.717) is 39.6 Å². The maximum atomic E-state index is 6.39. The summed E-state index contributed by atoms with van der Waals surface area (Å²) in [4.78, 5) is 2.86. The Morgan fingerprint density at radius 1 is 0.933 bits per heavy atom. The molecule has 0 heterocycles. The SMILES string of the molecule is CCCOCCOCCOCCN=[N+]=N. The van der Waals surface area contributed by atoms with Gasteiger partial charge in [0.15, 0.2) is 0 Å². The highest BCUT2D eigenvalue weighted by molar-refractivity contribution is 4.36. The number of hydrogen-bond donors (Lipinski definition) is 1. The molecular formula is C9H20N3O3+. The van der Waals surface area contributed by atoms with Crippen molar-refractivity contribution < 1.29 is 14.2 Å². The third-order valence-corrected chi connectivity index (χ3v) is 1.50. The molecule has 6 nitrogen and oxygen atoms in total. The standard InChI is InChI=1S/C9H20N3O3/c1-2-4-13-6-8-15-9-7-14-5-3-11-12-10/h10H,2-9H2,1H3/q+1. The molecule has 6 heteroatoms. The van der Waals surface area contributed by atoms with Gasteiger partial charge in [0.1, 0.15) is 17.2 Å². The Morgan fingerprint density at radius 2 is 1.47 bits per heavy atom. The van der Waals surface area contributed by atoms with Gasteiger partial charge in [-0.3, -0.25) is 0 Å². The fourth-order valence-electron chi connectivity index (χ4n) is 0.842. The van der Waals surface area contributed by atoms with E-state index < -0.39 is 0 Å². The molecule has 0 radical (unpaired) electrons. The number of nitrogens with one attached hydrogen (secondary N) is 1. The summed E-state index contributed by atoms with van der Waals surface area (Å²) in [6.45, 7) is 6.13. The molecule has 0 atom stereocenters. The molecule has 0 unspecified atom stereocenters. The van der Waals surface area contributed by atoms with Crippen LogP contribution in [0.25, 0.3) is 0 Å². The van der Waals surface area contributed by atoms with Crippen LogP contribution in [0, 0.1) is 5.53 Å². The maximum Gasteiger partial charge on any atom is 0.214 e. The largest absolute Gasteiger partial charge is 0.379 e. The van der Waals surface area contributed by atoms with Gasteiger partial charge in [0.25, 0.3) is 0 Å². The van der Waals surface area contributed by atoms with Crippen LogP contribution >= 0.6 is 0 Å². The van der Waals surface area contributed by atoms with Crippen LogP contribution in [0.4, 0.5) is 0 Å². The van der Waals surface area contributed by atoms with Crippen molar-refractivity contribution in [1.82, 2.24) is 4.91 Å². The normalized spacial score (nSPS) is 9.93. The van der Waals surface area contributed by atoms with E-state index in [1.54, 1.807) is 0 Å². The van der Waals surface area contributed by atoms with Crippen molar-refractivity contribution in [2.45, 2.75) is 13.3 Å². The summed E-state index contributed by atoms with van der Waals surface area (Å²) < 4.78 is 15.6. The van der Waals surface area contributed by atoms with Crippen molar-refractivity contribution in [3.8, 4) is 0 Å². The molecular weight excluding hydrogens is 198 g/mol. The van der Waals surface area contributed by atoms with E-state index in [1.165, 1.54) is 0 Å². The highest BCUT2D eigenvalue weighted by Crippen LogP contribution is 1.83. The summed E-state index contributed by atoms with van der Waals surface area (Å²) in [6.07, 6.45) is 1.04. The lowest BCUT2D eigenvalue weighted by atomic mass is 10.5. The maximum absolute atomic E-state index is 6.39. The van der Waals surface area contributed by atoms with E-state index in [4.69, 9.17) is 19.7 Å². The fourth-order valence-corrected chi connectivity index (χ4v) is 0.842. The average Bonchev–Trinajstić information content (AvgIpc) is 2.26. The van der Waals surface area contributed by atoms with Crippen molar-refractivity contribution in [1.29, 1.82) is 5.53 Å². The smallest absolute Gasteiger partial charge is 0.214 e. The molecule has 0 saturated heterocycles. The zero-order valence-corrected chi connectivity index (χ0v) is 9.28. The Morgan fingerprint density at radius 3 is 2.00 bits per heavy atom. The van der Waals surface area contributed by atoms with Crippen LogP contribution < -0.4 is 4.91 Å². The minimum Gasteiger partial charge on any atom is -0.379 e. The van der Waals surface area contributed by atoms with Crippen LogP contribution in [0.5, 0.6) is 0 Å². The topological polar surface area (TPSA) is 78.0 Å². The van der Waals surface area contributed by atoms with E-state index >= 15 is 0 Å². The van der Waals surface area contributed by atoms with Gasteiger partial charge in [-0.1, -0.05) is 6.92 Å². The third kappa shape index (κ3) is 13.2. The molecule has 0 amide bonds.